The maximum Gasteiger partial charge on any atom is 0.217 e. The third kappa shape index (κ3) is 2.72. The monoisotopic (exact) mass is 283 g/mol. The molecule has 108 valence electrons. The van der Waals surface area contributed by atoms with E-state index in [4.69, 9.17) is 0 Å². The summed E-state index contributed by atoms with van der Waals surface area (Å²) in [7, 11) is 0. The number of hydrogen-bond acceptors (Lipinski definition) is 4. The van der Waals surface area contributed by atoms with Gasteiger partial charge in [0.2, 0.25) is 5.91 Å². The van der Waals surface area contributed by atoms with Crippen molar-refractivity contribution < 1.29 is 9.59 Å². The lowest BCUT2D eigenvalue weighted by molar-refractivity contribution is -0.119. The first kappa shape index (κ1) is 13.5. The Balaban J connectivity index is 1.93. The molecule has 0 spiro atoms. The Hall–Kier alpha value is -2.43. The molecule has 0 aliphatic carbocycles. The van der Waals surface area contributed by atoms with Crippen molar-refractivity contribution in [3.63, 3.8) is 0 Å². The van der Waals surface area contributed by atoms with Gasteiger partial charge in [0, 0.05) is 31.4 Å². The first-order valence-corrected chi connectivity index (χ1v) is 7.04. The molecule has 0 radical (unpaired) electrons. The quantitative estimate of drug-likeness (QED) is 0.872. The molecule has 1 saturated heterocycles. The normalized spacial score (nSPS) is 18.0. The van der Waals surface area contributed by atoms with Gasteiger partial charge in [-0.25, -0.2) is 4.98 Å². The van der Waals surface area contributed by atoms with E-state index in [-0.39, 0.29) is 11.9 Å². The Bertz CT molecular complexity index is 699. The zero-order valence-corrected chi connectivity index (χ0v) is 11.9. The Morgan fingerprint density at radius 1 is 1.43 bits per heavy atom. The van der Waals surface area contributed by atoms with Gasteiger partial charge in [0.1, 0.15) is 5.82 Å². The number of nitrogens with zero attached hydrogens (tertiary/aromatic N) is 2. The molecule has 2 aromatic rings. The minimum atomic E-state index is -0.0241. The Morgan fingerprint density at radius 3 is 3.00 bits per heavy atom. The standard InChI is InChI=1S/C16H17N3O2/c1-11(21)17-14-6-7-19(9-14)16-13(10-20)8-12-4-2-3-5-15(12)18-16/h2-5,8,10,14H,6-7,9H2,1H3,(H,17,21). The molecule has 5 nitrogen and oxygen atoms in total. The minimum absolute atomic E-state index is 0.0241. The van der Waals surface area contributed by atoms with Crippen LogP contribution in [0.3, 0.4) is 0 Å². The molecule has 1 aromatic carbocycles. The number of benzene rings is 1. The Kier molecular flexibility index (Phi) is 3.56. The van der Waals surface area contributed by atoms with Crippen LogP contribution in [-0.2, 0) is 4.79 Å². The van der Waals surface area contributed by atoms with Gasteiger partial charge in [0.05, 0.1) is 11.1 Å². The van der Waals surface area contributed by atoms with Crippen molar-refractivity contribution in [1.29, 1.82) is 0 Å². The van der Waals surface area contributed by atoms with E-state index in [0.717, 1.165) is 30.2 Å². The van der Waals surface area contributed by atoms with Gasteiger partial charge in [-0.15, -0.1) is 0 Å². The van der Waals surface area contributed by atoms with Crippen LogP contribution in [0.15, 0.2) is 30.3 Å². The van der Waals surface area contributed by atoms with Gasteiger partial charge in [-0.1, -0.05) is 18.2 Å². The smallest absolute Gasteiger partial charge is 0.217 e. The average Bonchev–Trinajstić information content (AvgIpc) is 2.93. The second-order valence-corrected chi connectivity index (χ2v) is 5.34. The molecule has 1 N–H and O–H groups in total. The summed E-state index contributed by atoms with van der Waals surface area (Å²) in [5.74, 6) is 0.681. The van der Waals surface area contributed by atoms with Gasteiger partial charge in [-0.3, -0.25) is 9.59 Å². The zero-order chi connectivity index (χ0) is 14.8. The molecule has 1 aliphatic heterocycles. The summed E-state index contributed by atoms with van der Waals surface area (Å²) in [6, 6.07) is 9.74. The summed E-state index contributed by atoms with van der Waals surface area (Å²) < 4.78 is 0. The molecule has 2 heterocycles. The third-order valence-corrected chi connectivity index (χ3v) is 3.75. The summed E-state index contributed by atoms with van der Waals surface area (Å²) in [4.78, 5) is 29.2. The molecule has 1 aliphatic rings. The van der Waals surface area contributed by atoms with Crippen LogP contribution in [0, 0.1) is 0 Å². The minimum Gasteiger partial charge on any atom is -0.354 e. The van der Waals surface area contributed by atoms with Crippen LogP contribution >= 0.6 is 0 Å². The van der Waals surface area contributed by atoms with Gasteiger partial charge in [0.15, 0.2) is 6.29 Å². The first-order chi connectivity index (χ1) is 10.2. The predicted octanol–water partition coefficient (Wildman–Crippen LogP) is 1.76. The van der Waals surface area contributed by atoms with Crippen LogP contribution in [0.25, 0.3) is 10.9 Å². The highest BCUT2D eigenvalue weighted by Crippen LogP contribution is 2.25. The summed E-state index contributed by atoms with van der Waals surface area (Å²) in [5.41, 5.74) is 1.47. The van der Waals surface area contributed by atoms with Gasteiger partial charge >= 0.3 is 0 Å². The Morgan fingerprint density at radius 2 is 2.24 bits per heavy atom. The van der Waals surface area contributed by atoms with Gasteiger partial charge in [-0.05, 0) is 18.6 Å². The van der Waals surface area contributed by atoms with Gasteiger partial charge < -0.3 is 10.2 Å². The maximum absolute atomic E-state index is 11.4. The maximum atomic E-state index is 11.4. The summed E-state index contributed by atoms with van der Waals surface area (Å²) in [6.45, 7) is 3.00. The number of carbonyl (C=O) groups excluding carboxylic acids is 2. The van der Waals surface area contributed by atoms with Crippen molar-refractivity contribution in [3.05, 3.63) is 35.9 Å². The number of rotatable bonds is 3. The molecule has 1 aromatic heterocycles. The molecule has 1 atom stereocenters. The highest BCUT2D eigenvalue weighted by atomic mass is 16.1. The summed E-state index contributed by atoms with van der Waals surface area (Å²) in [5, 5.41) is 3.88. The first-order valence-electron chi connectivity index (χ1n) is 7.04. The van der Waals surface area contributed by atoms with Crippen molar-refractivity contribution in [2.24, 2.45) is 0 Å². The van der Waals surface area contributed by atoms with Crippen molar-refractivity contribution in [3.8, 4) is 0 Å². The van der Waals surface area contributed by atoms with E-state index in [1.807, 2.05) is 30.3 Å². The van der Waals surface area contributed by atoms with E-state index in [1.165, 1.54) is 6.92 Å². The third-order valence-electron chi connectivity index (χ3n) is 3.75. The summed E-state index contributed by atoms with van der Waals surface area (Å²) >= 11 is 0. The molecule has 1 unspecified atom stereocenters. The fraction of sp³-hybridized carbons (Fsp3) is 0.312. The lowest BCUT2D eigenvalue weighted by atomic mass is 10.1. The highest BCUT2D eigenvalue weighted by molar-refractivity contribution is 5.91. The van der Waals surface area contributed by atoms with Crippen LogP contribution in [-0.4, -0.2) is 36.3 Å². The number of nitrogens with one attached hydrogen (secondary N) is 1. The van der Waals surface area contributed by atoms with Crippen LogP contribution in [0.5, 0.6) is 0 Å². The fourth-order valence-electron chi connectivity index (χ4n) is 2.82. The highest BCUT2D eigenvalue weighted by Gasteiger charge is 2.25. The number of carbonyl (C=O) groups is 2. The van der Waals surface area contributed by atoms with E-state index in [2.05, 4.69) is 15.2 Å². The van der Waals surface area contributed by atoms with Crippen molar-refractivity contribution in [2.75, 3.05) is 18.0 Å². The van der Waals surface area contributed by atoms with Crippen molar-refractivity contribution in [1.82, 2.24) is 10.3 Å². The number of aromatic nitrogens is 1. The number of amides is 1. The molecule has 0 saturated carbocycles. The van der Waals surface area contributed by atoms with Crippen LogP contribution in [0.1, 0.15) is 23.7 Å². The molecule has 5 heteroatoms. The molecule has 1 amide bonds. The molecular formula is C16H17N3O2. The second kappa shape index (κ2) is 5.52. The largest absolute Gasteiger partial charge is 0.354 e. The number of anilines is 1. The lowest BCUT2D eigenvalue weighted by Crippen LogP contribution is -2.35. The second-order valence-electron chi connectivity index (χ2n) is 5.34. The van der Waals surface area contributed by atoms with E-state index in [9.17, 15) is 9.59 Å². The number of para-hydroxylation sites is 1. The molecule has 0 bridgehead atoms. The summed E-state index contributed by atoms with van der Waals surface area (Å²) in [6.07, 6.45) is 1.72. The van der Waals surface area contributed by atoms with Crippen molar-refractivity contribution >= 4 is 28.9 Å². The molecular weight excluding hydrogens is 266 g/mol. The predicted molar refractivity (Wildman–Crippen MR) is 81.6 cm³/mol. The number of aldehydes is 1. The van der Waals surface area contributed by atoms with Crippen LogP contribution in [0.2, 0.25) is 0 Å². The van der Waals surface area contributed by atoms with Crippen molar-refractivity contribution in [2.45, 2.75) is 19.4 Å². The van der Waals surface area contributed by atoms with Gasteiger partial charge in [-0.2, -0.15) is 0 Å². The molecule has 1 fully saturated rings. The fourth-order valence-corrected chi connectivity index (χ4v) is 2.82. The van der Waals surface area contributed by atoms with E-state index in [0.29, 0.717) is 17.9 Å². The Labute approximate surface area is 123 Å². The van der Waals surface area contributed by atoms with E-state index < -0.39 is 0 Å². The van der Waals surface area contributed by atoms with E-state index >= 15 is 0 Å². The van der Waals surface area contributed by atoms with E-state index in [1.54, 1.807) is 0 Å². The number of hydrogen-bond donors (Lipinski definition) is 1. The zero-order valence-electron chi connectivity index (χ0n) is 11.9. The van der Waals surface area contributed by atoms with Gasteiger partial charge in [0.25, 0.3) is 0 Å². The van der Waals surface area contributed by atoms with Crippen LogP contribution < -0.4 is 10.2 Å². The van der Waals surface area contributed by atoms with Crippen LogP contribution in [0.4, 0.5) is 5.82 Å². The lowest BCUT2D eigenvalue weighted by Gasteiger charge is -2.20. The number of pyridine rings is 1. The number of fused-ring (bicyclic) bond motifs is 1. The average molecular weight is 283 g/mol. The SMILES string of the molecule is CC(=O)NC1CCN(c2nc3ccccc3cc2C=O)C1. The topological polar surface area (TPSA) is 62.3 Å². The molecule has 3 rings (SSSR count). The molecule has 21 heavy (non-hydrogen) atoms.